The molecule has 102 valence electrons. The number of hydrogen-bond acceptors (Lipinski definition) is 7. The van der Waals surface area contributed by atoms with Crippen molar-refractivity contribution in [3.8, 4) is 0 Å². The average Bonchev–Trinajstić information content (AvgIpc) is 2.77. The van der Waals surface area contributed by atoms with Crippen molar-refractivity contribution in [1.29, 1.82) is 0 Å². The fraction of sp³-hybridized carbons (Fsp3) is 0.800. The number of rotatable bonds is 8. The summed E-state index contributed by atoms with van der Waals surface area (Å²) in [4.78, 5) is 11.3. The van der Waals surface area contributed by atoms with Crippen molar-refractivity contribution in [3.05, 3.63) is 5.82 Å². The van der Waals surface area contributed by atoms with Crippen LogP contribution < -0.4 is 5.73 Å². The molecule has 0 saturated carbocycles. The van der Waals surface area contributed by atoms with E-state index in [-0.39, 0.29) is 5.97 Å². The molecule has 0 saturated heterocycles. The molecule has 0 aliphatic heterocycles. The molecule has 0 aliphatic carbocycles. The van der Waals surface area contributed by atoms with E-state index in [1.807, 2.05) is 0 Å². The number of esters is 1. The van der Waals surface area contributed by atoms with Gasteiger partial charge in [-0.25, -0.2) is 4.68 Å². The van der Waals surface area contributed by atoms with Gasteiger partial charge >= 0.3 is 5.97 Å². The zero-order valence-electron chi connectivity index (χ0n) is 10.7. The number of carbonyl (C=O) groups excluding carboxylic acids is 1. The number of thioether (sulfide) groups is 1. The standard InChI is InChI=1S/C10H19N5O2S/c1-3-5-15-9(12-13-14-15)7-18-6-8(11)10(16)17-4-2/h8H,3-7,11H2,1-2H3. The normalized spacial score (nSPS) is 12.4. The van der Waals surface area contributed by atoms with Crippen molar-refractivity contribution in [2.24, 2.45) is 5.73 Å². The summed E-state index contributed by atoms with van der Waals surface area (Å²) in [5.74, 6) is 1.58. The number of carbonyl (C=O) groups is 1. The molecular weight excluding hydrogens is 254 g/mol. The Bertz CT molecular complexity index is 371. The van der Waals surface area contributed by atoms with Crippen LogP contribution in [0.3, 0.4) is 0 Å². The zero-order chi connectivity index (χ0) is 13.4. The van der Waals surface area contributed by atoms with Gasteiger partial charge in [0, 0.05) is 12.3 Å². The zero-order valence-corrected chi connectivity index (χ0v) is 11.5. The second-order valence-corrected chi connectivity index (χ2v) is 4.72. The van der Waals surface area contributed by atoms with E-state index in [9.17, 15) is 4.79 Å². The van der Waals surface area contributed by atoms with Gasteiger partial charge in [0.15, 0.2) is 5.82 Å². The van der Waals surface area contributed by atoms with Gasteiger partial charge in [0.05, 0.1) is 12.4 Å². The lowest BCUT2D eigenvalue weighted by molar-refractivity contribution is -0.144. The van der Waals surface area contributed by atoms with Crippen molar-refractivity contribution < 1.29 is 9.53 Å². The Hall–Kier alpha value is -1.15. The first-order chi connectivity index (χ1) is 8.69. The first-order valence-corrected chi connectivity index (χ1v) is 7.09. The maximum absolute atomic E-state index is 11.3. The Kier molecular flexibility index (Phi) is 6.66. The van der Waals surface area contributed by atoms with Gasteiger partial charge in [0.25, 0.3) is 0 Å². The first kappa shape index (κ1) is 14.9. The fourth-order valence-corrected chi connectivity index (χ4v) is 2.20. The minimum atomic E-state index is -0.592. The Labute approximate surface area is 110 Å². The molecule has 8 heteroatoms. The van der Waals surface area contributed by atoms with Crippen LogP contribution in [0.2, 0.25) is 0 Å². The highest BCUT2D eigenvalue weighted by Crippen LogP contribution is 2.10. The monoisotopic (exact) mass is 273 g/mol. The Morgan fingerprint density at radius 3 is 3.00 bits per heavy atom. The summed E-state index contributed by atoms with van der Waals surface area (Å²) in [6, 6.07) is -0.592. The van der Waals surface area contributed by atoms with Gasteiger partial charge in [-0.2, -0.15) is 11.8 Å². The van der Waals surface area contributed by atoms with Crippen molar-refractivity contribution in [2.75, 3.05) is 12.4 Å². The number of aryl methyl sites for hydroxylation is 1. The molecule has 18 heavy (non-hydrogen) atoms. The summed E-state index contributed by atoms with van der Waals surface area (Å²) < 4.78 is 6.60. The summed E-state index contributed by atoms with van der Waals surface area (Å²) in [7, 11) is 0. The van der Waals surface area contributed by atoms with Crippen LogP contribution in [0.4, 0.5) is 0 Å². The van der Waals surface area contributed by atoms with Gasteiger partial charge < -0.3 is 10.5 Å². The molecule has 0 radical (unpaired) electrons. The van der Waals surface area contributed by atoms with E-state index in [1.54, 1.807) is 11.6 Å². The van der Waals surface area contributed by atoms with Gasteiger partial charge in [-0.05, 0) is 23.8 Å². The number of nitrogens with zero attached hydrogens (tertiary/aromatic N) is 4. The third-order valence-electron chi connectivity index (χ3n) is 2.16. The molecule has 0 aliphatic rings. The van der Waals surface area contributed by atoms with E-state index in [4.69, 9.17) is 10.5 Å². The van der Waals surface area contributed by atoms with E-state index in [2.05, 4.69) is 22.4 Å². The van der Waals surface area contributed by atoms with Crippen LogP contribution in [0.15, 0.2) is 0 Å². The van der Waals surface area contributed by atoms with Gasteiger partial charge in [-0.15, -0.1) is 5.10 Å². The van der Waals surface area contributed by atoms with Crippen LogP contribution >= 0.6 is 11.8 Å². The van der Waals surface area contributed by atoms with Crippen molar-refractivity contribution in [2.45, 2.75) is 38.6 Å². The topological polar surface area (TPSA) is 95.9 Å². The van der Waals surface area contributed by atoms with Crippen molar-refractivity contribution in [3.63, 3.8) is 0 Å². The maximum atomic E-state index is 11.3. The first-order valence-electron chi connectivity index (χ1n) is 5.94. The molecule has 1 heterocycles. The van der Waals surface area contributed by atoms with Crippen LogP contribution in [0, 0.1) is 0 Å². The molecule has 2 N–H and O–H groups in total. The van der Waals surface area contributed by atoms with Gasteiger partial charge in [0.2, 0.25) is 0 Å². The molecule has 0 bridgehead atoms. The lowest BCUT2D eigenvalue weighted by Gasteiger charge is -2.09. The average molecular weight is 273 g/mol. The summed E-state index contributed by atoms with van der Waals surface area (Å²) in [5.41, 5.74) is 5.69. The Balaban J connectivity index is 2.32. The van der Waals surface area contributed by atoms with Crippen molar-refractivity contribution >= 4 is 17.7 Å². The summed E-state index contributed by atoms with van der Waals surface area (Å²) >= 11 is 1.52. The summed E-state index contributed by atoms with van der Waals surface area (Å²) in [6.07, 6.45) is 0.977. The van der Waals surface area contributed by atoms with Gasteiger partial charge in [-0.1, -0.05) is 6.92 Å². The molecule has 1 aromatic rings. The lowest BCUT2D eigenvalue weighted by atomic mass is 10.4. The Morgan fingerprint density at radius 2 is 2.33 bits per heavy atom. The predicted octanol–water partition coefficient (Wildman–Crippen LogP) is 0.207. The minimum absolute atomic E-state index is 0.353. The van der Waals surface area contributed by atoms with Crippen LogP contribution in [0.1, 0.15) is 26.1 Å². The third-order valence-corrected chi connectivity index (χ3v) is 3.22. The fourth-order valence-electron chi connectivity index (χ4n) is 1.31. The third kappa shape index (κ3) is 4.61. The van der Waals surface area contributed by atoms with E-state index < -0.39 is 6.04 Å². The second kappa shape index (κ2) is 8.04. The molecule has 0 amide bonds. The van der Waals surface area contributed by atoms with Crippen LogP contribution in [-0.4, -0.2) is 44.6 Å². The molecule has 1 unspecified atom stereocenters. The number of ether oxygens (including phenoxy) is 1. The number of tetrazole rings is 1. The molecule has 1 aromatic heterocycles. The molecule has 0 fully saturated rings. The molecule has 7 nitrogen and oxygen atoms in total. The molecule has 0 aromatic carbocycles. The number of nitrogens with two attached hydrogens (primary N) is 1. The van der Waals surface area contributed by atoms with Crippen molar-refractivity contribution in [1.82, 2.24) is 20.2 Å². The number of aromatic nitrogens is 4. The van der Waals surface area contributed by atoms with Crippen LogP contribution in [0.25, 0.3) is 0 Å². The smallest absolute Gasteiger partial charge is 0.323 e. The van der Waals surface area contributed by atoms with Gasteiger partial charge in [0.1, 0.15) is 6.04 Å². The molecular formula is C10H19N5O2S. The molecule has 1 rings (SSSR count). The van der Waals surface area contributed by atoms with Gasteiger partial charge in [-0.3, -0.25) is 4.79 Å². The second-order valence-electron chi connectivity index (χ2n) is 3.69. The molecule has 1 atom stereocenters. The van der Waals surface area contributed by atoms with E-state index in [0.29, 0.717) is 18.1 Å². The largest absolute Gasteiger partial charge is 0.465 e. The van der Waals surface area contributed by atoms with Crippen LogP contribution in [0.5, 0.6) is 0 Å². The minimum Gasteiger partial charge on any atom is -0.465 e. The van der Waals surface area contributed by atoms with E-state index in [1.165, 1.54) is 11.8 Å². The SMILES string of the molecule is CCCn1nnnc1CSCC(N)C(=O)OCC. The van der Waals surface area contributed by atoms with E-state index in [0.717, 1.165) is 18.8 Å². The maximum Gasteiger partial charge on any atom is 0.323 e. The molecule has 0 spiro atoms. The quantitative estimate of drug-likeness (QED) is 0.676. The predicted molar refractivity (Wildman–Crippen MR) is 68.9 cm³/mol. The van der Waals surface area contributed by atoms with E-state index >= 15 is 0 Å². The van der Waals surface area contributed by atoms with Crippen LogP contribution in [-0.2, 0) is 21.8 Å². The highest BCUT2D eigenvalue weighted by molar-refractivity contribution is 7.98. The Morgan fingerprint density at radius 1 is 1.56 bits per heavy atom. The number of hydrogen-bond donors (Lipinski definition) is 1. The highest BCUT2D eigenvalue weighted by Gasteiger charge is 2.15. The highest BCUT2D eigenvalue weighted by atomic mass is 32.2. The summed E-state index contributed by atoms with van der Waals surface area (Å²) in [5, 5.41) is 11.5. The summed E-state index contributed by atoms with van der Waals surface area (Å²) in [6.45, 7) is 4.98. The lowest BCUT2D eigenvalue weighted by Crippen LogP contribution is -2.34.